The molecule has 0 aliphatic heterocycles. The lowest BCUT2D eigenvalue weighted by Crippen LogP contribution is -2.30. The highest BCUT2D eigenvalue weighted by Crippen LogP contribution is 2.15. The Balaban J connectivity index is 2.78. The van der Waals surface area contributed by atoms with Crippen LogP contribution in [0.4, 0.5) is 0 Å². The molecule has 0 bridgehead atoms. The van der Waals surface area contributed by atoms with Gasteiger partial charge in [0.25, 0.3) is 0 Å². The molecule has 2 aromatic rings. The molecule has 0 aromatic carbocycles. The van der Waals surface area contributed by atoms with Crippen LogP contribution in [0.1, 0.15) is 0 Å². The van der Waals surface area contributed by atoms with Crippen LogP contribution in [-0.4, -0.2) is 32.3 Å². The largest absolute Gasteiger partial charge is 0.490 e. The minimum absolute atomic E-state index is 0.261. The molecule has 0 radical (unpaired) electrons. The zero-order valence-electron chi connectivity index (χ0n) is 6.40. The maximum atomic E-state index is 8.96. The van der Waals surface area contributed by atoms with E-state index in [1.807, 2.05) is 0 Å². The molecule has 5 nitrogen and oxygen atoms in total. The molecule has 3 N–H and O–H groups in total. The fourth-order valence-corrected chi connectivity index (χ4v) is 1.32. The summed E-state index contributed by atoms with van der Waals surface area (Å²) in [6.07, 6.45) is 2.78. The fraction of sp³-hybridized carbons (Fsp3) is 0. The van der Waals surface area contributed by atoms with Crippen LogP contribution in [0.25, 0.3) is 10.9 Å². The quantitative estimate of drug-likeness (QED) is 0.417. The number of hydrogen-bond donors (Lipinski definition) is 3. The maximum Gasteiger partial charge on any atom is 0.490 e. The third-order valence-electron chi connectivity index (χ3n) is 1.75. The fourth-order valence-electron chi connectivity index (χ4n) is 1.13. The van der Waals surface area contributed by atoms with Gasteiger partial charge in [0.1, 0.15) is 5.52 Å². The second-order valence-corrected chi connectivity index (χ2v) is 2.89. The summed E-state index contributed by atoms with van der Waals surface area (Å²) in [4.78, 5) is 3.77. The Bertz CT molecular complexity index is 444. The number of hydrogen-bond acceptors (Lipinski definition) is 4. The molecule has 0 saturated carbocycles. The van der Waals surface area contributed by atoms with Crippen LogP contribution in [0.3, 0.4) is 0 Å². The number of nitrogens with zero attached hydrogens (tertiary/aromatic N) is 2. The van der Waals surface area contributed by atoms with Crippen LogP contribution in [0.15, 0.2) is 12.4 Å². The Labute approximate surface area is 78.5 Å². The van der Waals surface area contributed by atoms with E-state index in [2.05, 4.69) is 15.2 Å². The summed E-state index contributed by atoms with van der Waals surface area (Å²) in [5.74, 6) is 0. The first-order chi connectivity index (χ1) is 6.20. The molecule has 0 atom stereocenters. The maximum absolute atomic E-state index is 8.96. The summed E-state index contributed by atoms with van der Waals surface area (Å²) in [6.45, 7) is 0. The second kappa shape index (κ2) is 2.99. The molecular formula is C6H5BClN3O2. The van der Waals surface area contributed by atoms with E-state index in [9.17, 15) is 0 Å². The zero-order chi connectivity index (χ0) is 9.42. The van der Waals surface area contributed by atoms with Crippen LogP contribution in [0.2, 0.25) is 5.15 Å². The van der Waals surface area contributed by atoms with Gasteiger partial charge in [-0.3, -0.25) is 5.10 Å². The Morgan fingerprint density at radius 1 is 1.38 bits per heavy atom. The van der Waals surface area contributed by atoms with E-state index < -0.39 is 7.12 Å². The first kappa shape index (κ1) is 8.49. The Morgan fingerprint density at radius 2 is 2.15 bits per heavy atom. The number of fused-ring (bicyclic) bond motifs is 1. The van der Waals surface area contributed by atoms with Crippen molar-refractivity contribution >= 4 is 35.1 Å². The van der Waals surface area contributed by atoms with Crippen molar-refractivity contribution in [3.8, 4) is 0 Å². The van der Waals surface area contributed by atoms with Crippen molar-refractivity contribution in [2.75, 3.05) is 0 Å². The molecule has 0 spiro atoms. The Kier molecular flexibility index (Phi) is 1.95. The van der Waals surface area contributed by atoms with Crippen molar-refractivity contribution in [2.45, 2.75) is 0 Å². The summed E-state index contributed by atoms with van der Waals surface area (Å²) in [5.41, 5.74) is 0.792. The second-order valence-electron chi connectivity index (χ2n) is 2.54. The summed E-state index contributed by atoms with van der Waals surface area (Å²) in [5, 5.41) is 25.1. The molecule has 0 aliphatic carbocycles. The van der Waals surface area contributed by atoms with E-state index in [1.165, 1.54) is 12.4 Å². The zero-order valence-corrected chi connectivity index (χ0v) is 7.15. The average Bonchev–Trinajstić information content (AvgIpc) is 2.53. The molecule has 0 fully saturated rings. The standard InChI is InChI=1S/C6H5BClN3O2/c8-6-5-3(1-10-11-5)4(2-9-6)7(12)13/h1-2,12-13H,(H,10,11). The summed E-state index contributed by atoms with van der Waals surface area (Å²) >= 11 is 5.73. The number of rotatable bonds is 1. The van der Waals surface area contributed by atoms with E-state index >= 15 is 0 Å². The molecule has 66 valence electrons. The van der Waals surface area contributed by atoms with Gasteiger partial charge in [-0.05, 0) is 0 Å². The van der Waals surface area contributed by atoms with Gasteiger partial charge in [-0.15, -0.1) is 0 Å². The highest BCUT2D eigenvalue weighted by molar-refractivity contribution is 6.62. The van der Waals surface area contributed by atoms with Gasteiger partial charge in [-0.25, -0.2) is 4.98 Å². The predicted octanol–water partition coefficient (Wildman–Crippen LogP) is -0.709. The lowest BCUT2D eigenvalue weighted by Gasteiger charge is -2.00. The Morgan fingerprint density at radius 3 is 2.85 bits per heavy atom. The van der Waals surface area contributed by atoms with Crippen LogP contribution >= 0.6 is 11.6 Å². The molecule has 0 amide bonds. The van der Waals surface area contributed by atoms with Gasteiger partial charge in [-0.2, -0.15) is 5.10 Å². The monoisotopic (exact) mass is 197 g/mol. The topological polar surface area (TPSA) is 82.0 Å². The molecule has 0 aliphatic rings. The Hall–Kier alpha value is -1.11. The summed E-state index contributed by atoms with van der Waals surface area (Å²) < 4.78 is 0. The lowest BCUT2D eigenvalue weighted by molar-refractivity contribution is 0.426. The number of aromatic amines is 1. The van der Waals surface area contributed by atoms with Crippen LogP contribution < -0.4 is 5.46 Å². The minimum atomic E-state index is -1.56. The molecule has 2 heterocycles. The highest BCUT2D eigenvalue weighted by atomic mass is 35.5. The average molecular weight is 197 g/mol. The van der Waals surface area contributed by atoms with Gasteiger partial charge in [0.05, 0.1) is 6.20 Å². The molecular weight excluding hydrogens is 192 g/mol. The number of nitrogens with one attached hydrogen (secondary N) is 1. The van der Waals surface area contributed by atoms with Crippen molar-refractivity contribution < 1.29 is 10.0 Å². The van der Waals surface area contributed by atoms with Gasteiger partial charge in [0.15, 0.2) is 5.15 Å². The number of pyridine rings is 1. The van der Waals surface area contributed by atoms with Crippen molar-refractivity contribution in [1.82, 2.24) is 15.2 Å². The highest BCUT2D eigenvalue weighted by Gasteiger charge is 2.17. The van der Waals surface area contributed by atoms with Crippen LogP contribution in [0.5, 0.6) is 0 Å². The molecule has 0 saturated heterocycles. The predicted molar refractivity (Wildman–Crippen MR) is 48.7 cm³/mol. The SMILES string of the molecule is OB(O)c1cnc(Cl)c2[nH]ncc12. The van der Waals surface area contributed by atoms with Crippen molar-refractivity contribution in [3.05, 3.63) is 17.5 Å². The molecule has 2 rings (SSSR count). The van der Waals surface area contributed by atoms with Crippen molar-refractivity contribution in [3.63, 3.8) is 0 Å². The summed E-state index contributed by atoms with van der Waals surface area (Å²) in [7, 11) is -1.56. The van der Waals surface area contributed by atoms with Gasteiger partial charge in [0, 0.05) is 17.0 Å². The molecule has 0 unspecified atom stereocenters. The first-order valence-corrected chi connectivity index (χ1v) is 3.91. The molecule has 7 heteroatoms. The number of halogens is 1. The van der Waals surface area contributed by atoms with Crippen molar-refractivity contribution in [2.24, 2.45) is 0 Å². The first-order valence-electron chi connectivity index (χ1n) is 3.54. The van der Waals surface area contributed by atoms with Gasteiger partial charge < -0.3 is 10.0 Å². The normalized spacial score (nSPS) is 10.7. The van der Waals surface area contributed by atoms with Gasteiger partial charge in [0.2, 0.25) is 0 Å². The van der Waals surface area contributed by atoms with E-state index in [-0.39, 0.29) is 10.6 Å². The molecule has 2 aromatic heterocycles. The van der Waals surface area contributed by atoms with Crippen LogP contribution in [-0.2, 0) is 0 Å². The van der Waals surface area contributed by atoms with E-state index in [0.717, 1.165) is 0 Å². The van der Waals surface area contributed by atoms with Crippen LogP contribution in [0, 0.1) is 0 Å². The minimum Gasteiger partial charge on any atom is -0.423 e. The van der Waals surface area contributed by atoms with Gasteiger partial charge >= 0.3 is 7.12 Å². The number of H-pyrrole nitrogens is 1. The van der Waals surface area contributed by atoms with E-state index in [1.54, 1.807) is 0 Å². The van der Waals surface area contributed by atoms with Crippen molar-refractivity contribution in [1.29, 1.82) is 0 Å². The van der Waals surface area contributed by atoms with Gasteiger partial charge in [-0.1, -0.05) is 11.6 Å². The third-order valence-corrected chi connectivity index (χ3v) is 2.04. The summed E-state index contributed by atoms with van der Waals surface area (Å²) in [6, 6.07) is 0. The van der Waals surface area contributed by atoms with E-state index in [0.29, 0.717) is 10.9 Å². The lowest BCUT2D eigenvalue weighted by atomic mass is 9.80. The smallest absolute Gasteiger partial charge is 0.423 e. The third kappa shape index (κ3) is 1.29. The van der Waals surface area contributed by atoms with E-state index in [4.69, 9.17) is 21.6 Å². The molecule has 13 heavy (non-hydrogen) atoms. The number of aromatic nitrogens is 3.